The van der Waals surface area contributed by atoms with Crippen LogP contribution in [0.1, 0.15) is 157 Å². The lowest BCUT2D eigenvalue weighted by atomic mass is 9.99. The van der Waals surface area contributed by atoms with Crippen molar-refractivity contribution in [1.82, 2.24) is 75.9 Å². The van der Waals surface area contributed by atoms with Crippen molar-refractivity contribution in [1.29, 1.82) is 0 Å². The van der Waals surface area contributed by atoms with Crippen LogP contribution in [0.2, 0.25) is 0 Å². The molecule has 11 amide bonds. The number of likely N-dealkylation sites (tertiary alicyclic amines) is 6. The lowest BCUT2D eigenvalue weighted by Gasteiger charge is -2.35. The number of rotatable bonds is 27. The molecule has 6 aliphatic heterocycles. The molecule has 2 aromatic rings. The summed E-state index contributed by atoms with van der Waals surface area (Å²) in [5.41, 5.74) is 7.38. The van der Waals surface area contributed by atoms with Crippen molar-refractivity contribution in [2.45, 2.75) is 231 Å². The van der Waals surface area contributed by atoms with E-state index in [1.807, 2.05) is 27.7 Å². The van der Waals surface area contributed by atoms with Gasteiger partial charge in [0.25, 0.3) is 0 Å². The predicted octanol–water partition coefficient (Wildman–Crippen LogP) is 0.104. The van der Waals surface area contributed by atoms with Crippen LogP contribution in [0.5, 0.6) is 0 Å². The number of imidazole rings is 2. The zero-order valence-corrected chi connectivity index (χ0v) is 55.1. The number of amides is 11. The molecule has 0 saturated carbocycles. The van der Waals surface area contributed by atoms with Gasteiger partial charge in [-0.15, -0.1) is 0 Å². The molecule has 0 bridgehead atoms. The molecular weight excluding hydrogens is 1200 g/mol. The molecular formula is C64H98N16O13. The van der Waals surface area contributed by atoms with E-state index in [1.54, 1.807) is 33.9 Å². The van der Waals surface area contributed by atoms with Gasteiger partial charge in [0.15, 0.2) is 0 Å². The normalized spacial score (nSPS) is 23.5. The summed E-state index contributed by atoms with van der Waals surface area (Å²) >= 11 is 0. The first kappa shape index (κ1) is 70.9. The van der Waals surface area contributed by atoms with Gasteiger partial charge in [0.1, 0.15) is 66.5 Å². The third kappa shape index (κ3) is 17.1. The number of hydrogen-bond donors (Lipinski definition) is 9. The van der Waals surface area contributed by atoms with E-state index in [-0.39, 0.29) is 82.7 Å². The summed E-state index contributed by atoms with van der Waals surface area (Å²) in [6.45, 7) is 15.9. The van der Waals surface area contributed by atoms with Crippen LogP contribution in [0.15, 0.2) is 25.0 Å². The minimum absolute atomic E-state index is 0.00343. The Morgan fingerprint density at radius 1 is 0.452 bits per heavy atom. The maximum Gasteiger partial charge on any atom is 0.326 e. The molecule has 0 aromatic carbocycles. The molecule has 2 aromatic heterocycles. The van der Waals surface area contributed by atoms with E-state index in [4.69, 9.17) is 5.73 Å². The molecule has 6 saturated heterocycles. The molecule has 93 heavy (non-hydrogen) atoms. The average molecular weight is 1300 g/mol. The maximum absolute atomic E-state index is 14.9. The standard InChI is InChI=1S/C64H98N16O13/c1-35(2)27-43(71-53(81)41(65)29-39-31-66-33-68-39)58(86)77-23-11-17-47(77)62(90)79-25-13-19-49(79)60(88)75-21-9-15-45(75)55(83)73-51(37(5)6)57(85)70-42(30-40-32-67-34-69-40)54(82)72-44(28-36(3)4)59(87)78-24-12-18-48(78)63(91)80-26-14-20-50(80)61(89)76-22-10-16-46(76)56(84)74-52(38(7)8)64(92)93/h31-38,41-52H,9-30,65H2,1-8H3,(H,66,68)(H,67,69)(H,70,85)(H,71,81)(H,72,82)(H,73,83)(H,74,84)(H,92,93). The number of carbonyl (C=O) groups excluding carboxylic acids is 11. The fourth-order valence-electron chi connectivity index (χ4n) is 14.2. The molecule has 29 heteroatoms. The van der Waals surface area contributed by atoms with Crippen molar-refractivity contribution in [2.75, 3.05) is 39.3 Å². The molecule has 512 valence electrons. The highest BCUT2D eigenvalue weighted by Gasteiger charge is 2.50. The Balaban J connectivity index is 0.906. The number of nitrogens with two attached hydrogens (primary N) is 1. The lowest BCUT2D eigenvalue weighted by Crippen LogP contribution is -2.61. The van der Waals surface area contributed by atoms with Crippen LogP contribution in [-0.2, 0) is 70.4 Å². The van der Waals surface area contributed by atoms with Gasteiger partial charge in [0.2, 0.25) is 65.0 Å². The van der Waals surface area contributed by atoms with Crippen LogP contribution < -0.4 is 32.3 Å². The summed E-state index contributed by atoms with van der Waals surface area (Å²) in [6, 6.07) is -12.3. The van der Waals surface area contributed by atoms with Gasteiger partial charge in [-0.05, 0) is 114 Å². The number of aliphatic carboxylic acids is 1. The SMILES string of the molecule is CC(C)CC(NC(=O)C(N)Cc1cnc[nH]1)C(=O)N1CCCC1C(=O)N1CCCC1C(=O)N1CCCC1C(=O)NC(C(=O)NC(Cc1cnc[nH]1)C(=O)NC(CC(C)C)C(=O)N1CCCC1C(=O)N1CCCC1C(=O)N1CCCC1C(=O)NC(C(=O)O)C(C)C)C(C)C. The number of nitrogens with zero attached hydrogens (tertiary/aromatic N) is 8. The highest BCUT2D eigenvalue weighted by Crippen LogP contribution is 2.32. The molecule has 8 rings (SSSR count). The Morgan fingerprint density at radius 3 is 1.15 bits per heavy atom. The quantitative estimate of drug-likeness (QED) is 0.0573. The van der Waals surface area contributed by atoms with Gasteiger partial charge in [-0.3, -0.25) is 52.7 Å². The third-order valence-corrected chi connectivity index (χ3v) is 19.0. The lowest BCUT2D eigenvalue weighted by molar-refractivity contribution is -0.151. The number of H-pyrrole nitrogens is 2. The zero-order valence-electron chi connectivity index (χ0n) is 55.1. The first-order valence-corrected chi connectivity index (χ1v) is 33.5. The molecule has 29 nitrogen and oxygen atoms in total. The van der Waals surface area contributed by atoms with Crippen molar-refractivity contribution in [2.24, 2.45) is 29.4 Å². The number of carbonyl (C=O) groups is 12. The van der Waals surface area contributed by atoms with E-state index >= 15 is 0 Å². The molecule has 0 radical (unpaired) electrons. The van der Waals surface area contributed by atoms with Gasteiger partial charge < -0.3 is 76.8 Å². The van der Waals surface area contributed by atoms with Crippen LogP contribution in [-0.4, -0.2) is 237 Å². The predicted molar refractivity (Wildman–Crippen MR) is 337 cm³/mol. The molecule has 10 N–H and O–H groups in total. The molecule has 12 atom stereocenters. The van der Waals surface area contributed by atoms with Crippen molar-refractivity contribution in [3.05, 3.63) is 36.4 Å². The van der Waals surface area contributed by atoms with Gasteiger partial charge in [-0.2, -0.15) is 0 Å². The summed E-state index contributed by atoms with van der Waals surface area (Å²) in [5, 5.41) is 23.8. The summed E-state index contributed by atoms with van der Waals surface area (Å²) in [6.07, 6.45) is 11.4. The van der Waals surface area contributed by atoms with E-state index in [9.17, 15) is 62.6 Å². The number of nitrogens with one attached hydrogen (secondary N) is 7. The largest absolute Gasteiger partial charge is 0.480 e. The molecule has 8 heterocycles. The Hall–Kier alpha value is -7.98. The second-order valence-corrected chi connectivity index (χ2v) is 27.5. The first-order valence-electron chi connectivity index (χ1n) is 33.5. The van der Waals surface area contributed by atoms with Crippen molar-refractivity contribution in [3.63, 3.8) is 0 Å². The van der Waals surface area contributed by atoms with Gasteiger partial charge >= 0.3 is 5.97 Å². The molecule has 0 aliphatic carbocycles. The van der Waals surface area contributed by atoms with Gasteiger partial charge in [-0.25, -0.2) is 14.8 Å². The number of aromatic nitrogens is 4. The van der Waals surface area contributed by atoms with Crippen LogP contribution in [0.25, 0.3) is 0 Å². The van der Waals surface area contributed by atoms with Crippen molar-refractivity contribution < 1.29 is 62.6 Å². The first-order chi connectivity index (χ1) is 44.2. The van der Waals surface area contributed by atoms with E-state index < -0.39 is 149 Å². The number of aromatic amines is 2. The van der Waals surface area contributed by atoms with Crippen molar-refractivity contribution >= 4 is 70.9 Å². The van der Waals surface area contributed by atoms with E-state index in [1.165, 1.54) is 48.3 Å². The number of carboxylic acids is 1. The maximum atomic E-state index is 14.9. The molecule has 6 aliphatic rings. The topological polar surface area (TPSA) is 388 Å². The van der Waals surface area contributed by atoms with Crippen LogP contribution in [0.4, 0.5) is 0 Å². The average Bonchev–Trinajstić information content (AvgIpc) is 1.68. The Labute approximate surface area is 543 Å². The van der Waals surface area contributed by atoms with Crippen molar-refractivity contribution in [3.8, 4) is 0 Å². The Morgan fingerprint density at radius 2 is 0.785 bits per heavy atom. The second kappa shape index (κ2) is 31.8. The van der Waals surface area contributed by atoms with Gasteiger partial charge in [0, 0.05) is 75.9 Å². The minimum atomic E-state index is -1.32. The monoisotopic (exact) mass is 1300 g/mol. The molecule has 0 spiro atoms. The molecule has 12 unspecified atom stereocenters. The van der Waals surface area contributed by atoms with Crippen LogP contribution >= 0.6 is 0 Å². The van der Waals surface area contributed by atoms with Crippen LogP contribution in [0.3, 0.4) is 0 Å². The van der Waals surface area contributed by atoms with Crippen LogP contribution in [0, 0.1) is 23.7 Å². The smallest absolute Gasteiger partial charge is 0.326 e. The Bertz CT molecular complexity index is 3010. The Kier molecular flexibility index (Phi) is 24.2. The zero-order chi connectivity index (χ0) is 67.5. The fraction of sp³-hybridized carbons (Fsp3) is 0.719. The summed E-state index contributed by atoms with van der Waals surface area (Å²) < 4.78 is 0. The second-order valence-electron chi connectivity index (χ2n) is 27.5. The van der Waals surface area contributed by atoms with E-state index in [2.05, 4.69) is 46.5 Å². The molecule has 6 fully saturated rings. The highest BCUT2D eigenvalue weighted by molar-refractivity contribution is 6.00. The summed E-state index contributed by atoms with van der Waals surface area (Å²) in [4.78, 5) is 193. The number of carboxylic acid groups (broad SMARTS) is 1. The van der Waals surface area contributed by atoms with Gasteiger partial charge in [0.05, 0.1) is 18.7 Å². The third-order valence-electron chi connectivity index (χ3n) is 19.0. The minimum Gasteiger partial charge on any atom is -0.480 e. The summed E-state index contributed by atoms with van der Waals surface area (Å²) in [7, 11) is 0. The number of hydrogen-bond acceptors (Lipinski definition) is 15. The highest BCUT2D eigenvalue weighted by atomic mass is 16.4. The summed E-state index contributed by atoms with van der Waals surface area (Å²) in [5.74, 6) is -7.95. The van der Waals surface area contributed by atoms with E-state index in [0.29, 0.717) is 88.4 Å². The fourth-order valence-corrected chi connectivity index (χ4v) is 14.2. The van der Waals surface area contributed by atoms with E-state index in [0.717, 1.165) is 0 Å². The van der Waals surface area contributed by atoms with Gasteiger partial charge in [-0.1, -0.05) is 55.4 Å².